The van der Waals surface area contributed by atoms with Crippen LogP contribution in [0.4, 0.5) is 0 Å². The zero-order chi connectivity index (χ0) is 15.1. The molecule has 0 spiro atoms. The van der Waals surface area contributed by atoms with Gasteiger partial charge in [0.25, 0.3) is 0 Å². The number of rotatable bonds is 7. The van der Waals surface area contributed by atoms with Crippen LogP contribution >= 0.6 is 11.6 Å². The molecular weight excluding hydrogens is 288 g/mol. The predicted octanol–water partition coefficient (Wildman–Crippen LogP) is 1.89. The van der Waals surface area contributed by atoms with Crippen molar-refractivity contribution >= 4 is 17.5 Å². The Labute approximate surface area is 130 Å². The van der Waals surface area contributed by atoms with E-state index in [0.29, 0.717) is 6.54 Å². The molecule has 0 unspecified atom stereocenters. The van der Waals surface area contributed by atoms with E-state index >= 15 is 0 Å². The fourth-order valence-corrected chi connectivity index (χ4v) is 2.90. The molecule has 1 amide bonds. The number of hydrogen-bond donors (Lipinski definition) is 3. The Morgan fingerprint density at radius 3 is 2.52 bits per heavy atom. The molecule has 3 N–H and O–H groups in total. The molecule has 1 aromatic rings. The van der Waals surface area contributed by atoms with Crippen LogP contribution in [0.15, 0.2) is 24.3 Å². The van der Waals surface area contributed by atoms with Crippen molar-refractivity contribution in [2.45, 2.75) is 37.6 Å². The smallest absolute Gasteiger partial charge is 0.233 e. The first-order valence-electron chi connectivity index (χ1n) is 7.51. The minimum Gasteiger partial charge on any atom is -0.394 e. The highest BCUT2D eigenvalue weighted by molar-refractivity contribution is 6.30. The molecule has 0 bridgehead atoms. The van der Waals surface area contributed by atoms with Crippen LogP contribution in [0.25, 0.3) is 0 Å². The van der Waals surface area contributed by atoms with Crippen LogP contribution in [0.1, 0.15) is 31.2 Å². The van der Waals surface area contributed by atoms with Crippen molar-refractivity contribution in [2.24, 2.45) is 0 Å². The van der Waals surface area contributed by atoms with E-state index < -0.39 is 0 Å². The third-order valence-electron chi connectivity index (χ3n) is 4.14. The van der Waals surface area contributed by atoms with Crippen LogP contribution < -0.4 is 10.6 Å². The van der Waals surface area contributed by atoms with Crippen LogP contribution in [0.3, 0.4) is 0 Å². The summed E-state index contributed by atoms with van der Waals surface area (Å²) in [4.78, 5) is 11.8. The highest BCUT2D eigenvalue weighted by atomic mass is 35.5. The molecule has 0 saturated heterocycles. The lowest BCUT2D eigenvalue weighted by atomic mass is 9.99. The minimum atomic E-state index is -0.243. The summed E-state index contributed by atoms with van der Waals surface area (Å²) in [5, 5.41) is 16.3. The molecule has 0 aromatic heterocycles. The molecule has 4 nitrogen and oxygen atoms in total. The van der Waals surface area contributed by atoms with Crippen molar-refractivity contribution in [1.29, 1.82) is 0 Å². The average molecular weight is 311 g/mol. The molecule has 1 fully saturated rings. The number of nitrogens with one attached hydrogen (secondary N) is 2. The molecule has 2 rings (SSSR count). The normalized spacial score (nSPS) is 16.9. The number of carbonyl (C=O) groups excluding carboxylic acids is 1. The molecule has 116 valence electrons. The maximum absolute atomic E-state index is 11.8. The van der Waals surface area contributed by atoms with E-state index in [1.54, 1.807) is 0 Å². The minimum absolute atomic E-state index is 0.0244. The largest absolute Gasteiger partial charge is 0.394 e. The summed E-state index contributed by atoms with van der Waals surface area (Å²) in [6.45, 7) is 0.973. The third-order valence-corrected chi connectivity index (χ3v) is 4.39. The van der Waals surface area contributed by atoms with Gasteiger partial charge in [0.15, 0.2) is 0 Å². The van der Waals surface area contributed by atoms with E-state index in [2.05, 4.69) is 10.6 Å². The van der Waals surface area contributed by atoms with Crippen molar-refractivity contribution in [3.8, 4) is 0 Å². The molecule has 1 aliphatic rings. The average Bonchev–Trinajstić information content (AvgIpc) is 2.97. The summed E-state index contributed by atoms with van der Waals surface area (Å²) in [6, 6.07) is 7.63. The summed E-state index contributed by atoms with van der Waals surface area (Å²) in [6.07, 6.45) is 4.91. The molecule has 1 aliphatic carbocycles. The number of hydrogen-bond acceptors (Lipinski definition) is 3. The van der Waals surface area contributed by atoms with Gasteiger partial charge in [-0.25, -0.2) is 0 Å². The fourth-order valence-electron chi connectivity index (χ4n) is 2.77. The second-order valence-electron chi connectivity index (χ2n) is 5.73. The van der Waals surface area contributed by atoms with Gasteiger partial charge in [0, 0.05) is 17.1 Å². The Bertz CT molecular complexity index is 456. The number of aliphatic hydroxyl groups excluding tert-OH is 1. The zero-order valence-electron chi connectivity index (χ0n) is 12.2. The number of amides is 1. The first-order valence-corrected chi connectivity index (χ1v) is 7.88. The Kier molecular flexibility index (Phi) is 6.03. The lowest BCUT2D eigenvalue weighted by molar-refractivity contribution is -0.120. The third kappa shape index (κ3) is 4.99. The quantitative estimate of drug-likeness (QED) is 0.721. The van der Waals surface area contributed by atoms with Crippen LogP contribution in [0, 0.1) is 0 Å². The molecule has 1 saturated carbocycles. The zero-order valence-corrected chi connectivity index (χ0v) is 13.0. The van der Waals surface area contributed by atoms with E-state index in [4.69, 9.17) is 11.6 Å². The van der Waals surface area contributed by atoms with Crippen LogP contribution in [-0.2, 0) is 11.2 Å². The maximum Gasteiger partial charge on any atom is 0.233 e. The van der Waals surface area contributed by atoms with E-state index in [-0.39, 0.29) is 24.6 Å². The predicted molar refractivity (Wildman–Crippen MR) is 84.5 cm³/mol. The van der Waals surface area contributed by atoms with Gasteiger partial charge in [-0.2, -0.15) is 0 Å². The molecule has 0 atom stereocenters. The van der Waals surface area contributed by atoms with Crippen molar-refractivity contribution in [3.63, 3.8) is 0 Å². The van der Waals surface area contributed by atoms with Gasteiger partial charge in [0.1, 0.15) is 0 Å². The summed E-state index contributed by atoms with van der Waals surface area (Å²) >= 11 is 5.83. The molecule has 0 aliphatic heterocycles. The van der Waals surface area contributed by atoms with Crippen LogP contribution in [0.5, 0.6) is 0 Å². The number of aliphatic hydroxyl groups is 1. The number of benzene rings is 1. The van der Waals surface area contributed by atoms with Crippen molar-refractivity contribution in [1.82, 2.24) is 10.6 Å². The Morgan fingerprint density at radius 1 is 1.24 bits per heavy atom. The van der Waals surface area contributed by atoms with Crippen LogP contribution in [-0.4, -0.2) is 36.2 Å². The van der Waals surface area contributed by atoms with Gasteiger partial charge >= 0.3 is 0 Å². The molecular formula is C16H23ClN2O2. The van der Waals surface area contributed by atoms with Crippen LogP contribution in [0.2, 0.25) is 5.02 Å². The van der Waals surface area contributed by atoms with Gasteiger partial charge in [0.2, 0.25) is 5.91 Å². The fraction of sp³-hybridized carbons (Fsp3) is 0.562. The summed E-state index contributed by atoms with van der Waals surface area (Å²) in [5.41, 5.74) is 0.906. The van der Waals surface area contributed by atoms with Gasteiger partial charge in [0.05, 0.1) is 13.2 Å². The van der Waals surface area contributed by atoms with Gasteiger partial charge in [-0.05, 0) is 37.0 Å². The van der Waals surface area contributed by atoms with Gasteiger partial charge in [-0.1, -0.05) is 36.6 Å². The maximum atomic E-state index is 11.8. The Hall–Kier alpha value is -1.10. The summed E-state index contributed by atoms with van der Waals surface area (Å²) in [5.74, 6) is -0.0244. The molecule has 1 aromatic carbocycles. The van der Waals surface area contributed by atoms with E-state index in [0.717, 1.165) is 42.7 Å². The SMILES string of the molecule is O=C(CNC1(CO)CCCC1)NCCc1ccc(Cl)cc1. The van der Waals surface area contributed by atoms with Crippen molar-refractivity contribution < 1.29 is 9.90 Å². The molecule has 5 heteroatoms. The monoisotopic (exact) mass is 310 g/mol. The van der Waals surface area contributed by atoms with Crippen molar-refractivity contribution in [2.75, 3.05) is 19.7 Å². The van der Waals surface area contributed by atoms with Gasteiger partial charge in [-0.3, -0.25) is 4.79 Å². The second kappa shape index (κ2) is 7.78. The summed E-state index contributed by atoms with van der Waals surface area (Å²) in [7, 11) is 0. The van der Waals surface area contributed by atoms with E-state index in [9.17, 15) is 9.90 Å². The second-order valence-corrected chi connectivity index (χ2v) is 6.16. The lowest BCUT2D eigenvalue weighted by Gasteiger charge is -2.27. The van der Waals surface area contributed by atoms with E-state index in [1.165, 1.54) is 0 Å². The molecule has 0 heterocycles. The van der Waals surface area contributed by atoms with Gasteiger partial charge < -0.3 is 15.7 Å². The Morgan fingerprint density at radius 2 is 1.90 bits per heavy atom. The molecule has 21 heavy (non-hydrogen) atoms. The first-order chi connectivity index (χ1) is 10.1. The highest BCUT2D eigenvalue weighted by Gasteiger charge is 2.32. The standard InChI is InChI=1S/C16H23ClN2O2/c17-14-5-3-13(4-6-14)7-10-18-15(21)11-19-16(12-20)8-1-2-9-16/h3-6,19-20H,1-2,7-12H2,(H,18,21). The summed E-state index contributed by atoms with van der Waals surface area (Å²) < 4.78 is 0. The number of carbonyl (C=O) groups is 1. The molecule has 0 radical (unpaired) electrons. The topological polar surface area (TPSA) is 61.4 Å². The highest BCUT2D eigenvalue weighted by Crippen LogP contribution is 2.28. The van der Waals surface area contributed by atoms with Gasteiger partial charge in [-0.15, -0.1) is 0 Å². The lowest BCUT2D eigenvalue weighted by Crippen LogP contribution is -2.50. The van der Waals surface area contributed by atoms with E-state index in [1.807, 2.05) is 24.3 Å². The van der Waals surface area contributed by atoms with Crippen molar-refractivity contribution in [3.05, 3.63) is 34.9 Å². The number of halogens is 1. The Balaban J connectivity index is 1.66. The first kappa shape index (κ1) is 16.3.